The van der Waals surface area contributed by atoms with Gasteiger partial charge in [-0.1, -0.05) is 92.2 Å². The van der Waals surface area contributed by atoms with Gasteiger partial charge < -0.3 is 9.84 Å². The molecule has 3 aromatic rings. The van der Waals surface area contributed by atoms with Crippen LogP contribution in [0, 0.1) is 32.6 Å². The van der Waals surface area contributed by atoms with Crippen LogP contribution in [0.1, 0.15) is 61.6 Å². The van der Waals surface area contributed by atoms with Crippen molar-refractivity contribution in [1.29, 1.82) is 0 Å². The van der Waals surface area contributed by atoms with Gasteiger partial charge in [0.05, 0.1) is 23.0 Å². The zero-order valence-electron chi connectivity index (χ0n) is 24.0. The van der Waals surface area contributed by atoms with Crippen molar-refractivity contribution in [2.24, 2.45) is 11.8 Å². The second-order valence-corrected chi connectivity index (χ2v) is 12.6. The van der Waals surface area contributed by atoms with Gasteiger partial charge in [-0.2, -0.15) is 4.31 Å². The lowest BCUT2D eigenvalue weighted by Gasteiger charge is -2.35. The first kappa shape index (κ1) is 30.5. The summed E-state index contributed by atoms with van der Waals surface area (Å²) in [6, 6.07) is 21.6. The number of benzene rings is 3. The van der Waals surface area contributed by atoms with E-state index in [4.69, 9.17) is 4.74 Å². The van der Waals surface area contributed by atoms with Crippen molar-refractivity contribution < 1.29 is 23.1 Å². The van der Waals surface area contributed by atoms with Gasteiger partial charge in [-0.15, -0.1) is 0 Å². The summed E-state index contributed by atoms with van der Waals surface area (Å²) in [5.41, 5.74) is 3.81. The molecule has 6 nitrogen and oxygen atoms in total. The van der Waals surface area contributed by atoms with Gasteiger partial charge >= 0.3 is 5.97 Å². The number of nitrogens with zero attached hydrogens (tertiary/aromatic N) is 1. The van der Waals surface area contributed by atoms with E-state index in [9.17, 15) is 18.3 Å². The Kier molecular flexibility index (Phi) is 10.1. The van der Waals surface area contributed by atoms with Crippen molar-refractivity contribution >= 4 is 16.0 Å². The largest absolute Gasteiger partial charge is 0.455 e. The molecule has 3 aromatic carbocycles. The molecule has 0 aliphatic heterocycles. The monoisotopic (exact) mass is 551 g/mol. The van der Waals surface area contributed by atoms with E-state index in [2.05, 4.69) is 0 Å². The van der Waals surface area contributed by atoms with Gasteiger partial charge in [0.25, 0.3) is 0 Å². The van der Waals surface area contributed by atoms with Crippen molar-refractivity contribution in [1.82, 2.24) is 4.31 Å². The molecule has 1 N–H and O–H groups in total. The zero-order valence-corrected chi connectivity index (χ0v) is 24.8. The first-order valence-electron chi connectivity index (χ1n) is 13.4. The lowest BCUT2D eigenvalue weighted by Crippen LogP contribution is -2.44. The molecule has 3 rings (SSSR count). The number of aliphatic hydroxyl groups excluding tert-OH is 1. The second kappa shape index (κ2) is 12.9. The molecule has 0 heterocycles. The minimum atomic E-state index is -4.02. The maximum atomic E-state index is 14.4. The minimum absolute atomic E-state index is 0.0994. The van der Waals surface area contributed by atoms with Crippen LogP contribution in [0.2, 0.25) is 0 Å². The number of carbonyl (C=O) groups excluding carboxylic acids is 1. The lowest BCUT2D eigenvalue weighted by atomic mass is 9.94. The van der Waals surface area contributed by atoms with Gasteiger partial charge in [0.2, 0.25) is 10.0 Å². The molecule has 0 bridgehead atoms. The summed E-state index contributed by atoms with van der Waals surface area (Å²) in [5.74, 6) is -1.48. The van der Waals surface area contributed by atoms with E-state index in [0.29, 0.717) is 16.7 Å². The third-order valence-corrected chi connectivity index (χ3v) is 9.42. The standard InChI is InChI=1S/C32H41NO5S/c1-21(2)29(34)25(6)32(35)38-30(28-16-12-9-13-17-28)26(7)33(20-27-14-10-8-11-15-27)39(36,37)31-23(4)18-22(3)19-24(31)5/h8-19,21,25-26,29-30,34H,20H2,1-7H3/t25-,26+,29-,30+/m1/s1. The Morgan fingerprint density at radius 1 is 0.872 bits per heavy atom. The summed E-state index contributed by atoms with van der Waals surface area (Å²) in [6.07, 6.45) is -1.78. The van der Waals surface area contributed by atoms with Gasteiger partial charge in [-0.3, -0.25) is 4.79 Å². The number of aryl methyl sites for hydroxylation is 3. The van der Waals surface area contributed by atoms with E-state index in [-0.39, 0.29) is 17.4 Å². The molecule has 0 amide bonds. The van der Waals surface area contributed by atoms with E-state index in [1.54, 1.807) is 13.8 Å². The van der Waals surface area contributed by atoms with Gasteiger partial charge in [-0.05, 0) is 62.8 Å². The highest BCUT2D eigenvalue weighted by atomic mass is 32.2. The van der Waals surface area contributed by atoms with E-state index in [1.807, 2.05) is 107 Å². The van der Waals surface area contributed by atoms with Crippen molar-refractivity contribution in [2.45, 2.75) is 78.2 Å². The van der Waals surface area contributed by atoms with Crippen LogP contribution in [0.5, 0.6) is 0 Å². The van der Waals surface area contributed by atoms with Crippen LogP contribution in [0.15, 0.2) is 77.7 Å². The summed E-state index contributed by atoms with van der Waals surface area (Å²) in [4.78, 5) is 13.5. The number of aliphatic hydroxyl groups is 1. The minimum Gasteiger partial charge on any atom is -0.455 e. The first-order valence-corrected chi connectivity index (χ1v) is 14.9. The third-order valence-electron chi connectivity index (χ3n) is 7.18. The van der Waals surface area contributed by atoms with Gasteiger partial charge in [-0.25, -0.2) is 8.42 Å². The molecule has 0 radical (unpaired) electrons. The SMILES string of the molecule is Cc1cc(C)c(S(=O)(=O)N(Cc2ccccc2)[C@@H](C)[C@H](OC(=O)[C@H](C)[C@H](O)C(C)C)c2ccccc2)c(C)c1. The molecule has 210 valence electrons. The molecular formula is C32H41NO5S. The maximum Gasteiger partial charge on any atom is 0.311 e. The first-order chi connectivity index (χ1) is 18.3. The van der Waals surface area contributed by atoms with E-state index in [0.717, 1.165) is 11.1 Å². The number of rotatable bonds is 11. The predicted octanol–water partition coefficient (Wildman–Crippen LogP) is 6.13. The smallest absolute Gasteiger partial charge is 0.311 e. The quantitative estimate of drug-likeness (QED) is 0.290. The van der Waals surface area contributed by atoms with Gasteiger partial charge in [0, 0.05) is 6.54 Å². The normalized spacial score (nSPS) is 15.1. The average Bonchev–Trinajstić information content (AvgIpc) is 2.89. The van der Waals surface area contributed by atoms with Crippen LogP contribution in [-0.4, -0.2) is 35.9 Å². The topological polar surface area (TPSA) is 83.9 Å². The molecule has 0 aliphatic rings. The Balaban J connectivity index is 2.13. The van der Waals surface area contributed by atoms with Crippen molar-refractivity contribution in [3.8, 4) is 0 Å². The Bertz CT molecular complexity index is 1330. The van der Waals surface area contributed by atoms with E-state index >= 15 is 0 Å². The van der Waals surface area contributed by atoms with Gasteiger partial charge in [0.15, 0.2) is 0 Å². The molecule has 0 aromatic heterocycles. The average molecular weight is 552 g/mol. The summed E-state index contributed by atoms with van der Waals surface area (Å²) >= 11 is 0. The lowest BCUT2D eigenvalue weighted by molar-refractivity contribution is -0.161. The number of carbonyl (C=O) groups is 1. The number of esters is 1. The summed E-state index contributed by atoms with van der Waals surface area (Å²) in [5, 5.41) is 10.5. The fourth-order valence-corrected chi connectivity index (χ4v) is 7.12. The molecule has 39 heavy (non-hydrogen) atoms. The summed E-state index contributed by atoms with van der Waals surface area (Å²) in [6.45, 7) is 12.7. The number of hydrogen-bond donors (Lipinski definition) is 1. The predicted molar refractivity (Wildman–Crippen MR) is 155 cm³/mol. The molecule has 0 unspecified atom stereocenters. The van der Waals surface area contributed by atoms with Crippen molar-refractivity contribution in [3.63, 3.8) is 0 Å². The highest BCUT2D eigenvalue weighted by Gasteiger charge is 2.39. The Morgan fingerprint density at radius 2 is 1.38 bits per heavy atom. The Labute approximate surface area is 233 Å². The van der Waals surface area contributed by atoms with Crippen LogP contribution in [-0.2, 0) is 26.1 Å². The Hall–Kier alpha value is -3.00. The highest BCUT2D eigenvalue weighted by Crippen LogP contribution is 2.34. The third kappa shape index (κ3) is 7.15. The molecule has 0 aliphatic carbocycles. The van der Waals surface area contributed by atoms with Crippen LogP contribution in [0.4, 0.5) is 0 Å². The zero-order chi connectivity index (χ0) is 28.9. The molecular weight excluding hydrogens is 510 g/mol. The van der Waals surface area contributed by atoms with Crippen LogP contribution < -0.4 is 0 Å². The maximum absolute atomic E-state index is 14.4. The number of hydrogen-bond acceptors (Lipinski definition) is 5. The second-order valence-electron chi connectivity index (χ2n) is 10.8. The van der Waals surface area contributed by atoms with Crippen molar-refractivity contribution in [3.05, 3.63) is 101 Å². The number of ether oxygens (including phenoxy) is 1. The van der Waals surface area contributed by atoms with Crippen LogP contribution >= 0.6 is 0 Å². The van der Waals surface area contributed by atoms with Crippen LogP contribution in [0.3, 0.4) is 0 Å². The van der Waals surface area contributed by atoms with Gasteiger partial charge in [0.1, 0.15) is 6.10 Å². The fraction of sp³-hybridized carbons (Fsp3) is 0.406. The van der Waals surface area contributed by atoms with E-state index in [1.165, 1.54) is 4.31 Å². The molecule has 0 saturated heterocycles. The molecule has 4 atom stereocenters. The Morgan fingerprint density at radius 3 is 1.90 bits per heavy atom. The molecule has 7 heteroatoms. The van der Waals surface area contributed by atoms with Crippen LogP contribution in [0.25, 0.3) is 0 Å². The highest BCUT2D eigenvalue weighted by molar-refractivity contribution is 7.89. The molecule has 0 saturated carbocycles. The van der Waals surface area contributed by atoms with Crippen molar-refractivity contribution in [2.75, 3.05) is 0 Å². The molecule has 0 fully saturated rings. The van der Waals surface area contributed by atoms with E-state index < -0.39 is 40.2 Å². The summed E-state index contributed by atoms with van der Waals surface area (Å²) in [7, 11) is -4.02. The summed E-state index contributed by atoms with van der Waals surface area (Å²) < 4.78 is 36.3. The molecule has 0 spiro atoms. The number of sulfonamides is 1. The fourth-order valence-electron chi connectivity index (χ4n) is 5.09.